The van der Waals surface area contributed by atoms with Crippen LogP contribution in [-0.2, 0) is 5.41 Å². The van der Waals surface area contributed by atoms with Crippen LogP contribution in [0.15, 0.2) is 41.5 Å². The summed E-state index contributed by atoms with van der Waals surface area (Å²) >= 11 is 6.31. The zero-order valence-electron chi connectivity index (χ0n) is 18.7. The molecule has 1 aromatic heterocycles. The van der Waals surface area contributed by atoms with Crippen molar-refractivity contribution in [2.45, 2.75) is 31.7 Å². The van der Waals surface area contributed by atoms with Crippen LogP contribution in [0.5, 0.6) is 11.5 Å². The number of pyridine rings is 1. The van der Waals surface area contributed by atoms with Gasteiger partial charge >= 0.3 is 0 Å². The summed E-state index contributed by atoms with van der Waals surface area (Å²) in [6, 6.07) is 10.2. The Kier molecular flexibility index (Phi) is 8.32. The first-order valence-electron chi connectivity index (χ1n) is 10.7. The minimum absolute atomic E-state index is 0. The molecule has 3 heterocycles. The predicted molar refractivity (Wildman–Crippen MR) is 140 cm³/mol. The molecule has 0 amide bonds. The lowest BCUT2D eigenvalue weighted by Gasteiger charge is -2.29. The lowest BCUT2D eigenvalue weighted by atomic mass is 9.84. The van der Waals surface area contributed by atoms with E-state index in [4.69, 9.17) is 21.1 Å². The summed E-state index contributed by atoms with van der Waals surface area (Å²) in [5.41, 5.74) is 1.08. The second-order valence-electron chi connectivity index (χ2n) is 8.55. The van der Waals surface area contributed by atoms with Gasteiger partial charge in [0.2, 0.25) is 0 Å². The number of ether oxygens (including phenoxy) is 2. The highest BCUT2D eigenvalue weighted by molar-refractivity contribution is 14.0. The van der Waals surface area contributed by atoms with E-state index >= 15 is 0 Å². The van der Waals surface area contributed by atoms with E-state index in [-0.39, 0.29) is 35.4 Å². The van der Waals surface area contributed by atoms with Crippen LogP contribution in [0.2, 0.25) is 5.02 Å². The van der Waals surface area contributed by atoms with Crippen molar-refractivity contribution < 1.29 is 9.47 Å². The van der Waals surface area contributed by atoms with Crippen LogP contribution in [0.1, 0.15) is 25.8 Å². The molecule has 2 aliphatic rings. The minimum atomic E-state index is -0.114. The molecule has 2 N–H and O–H groups in total. The maximum Gasteiger partial charge on any atom is 0.191 e. The Balaban J connectivity index is 0.00000289. The van der Waals surface area contributed by atoms with E-state index in [1.165, 1.54) is 5.56 Å². The number of hydrogen-bond donors (Lipinski definition) is 2. The fraction of sp³-hybridized carbons (Fsp3) is 0.478. The first-order valence-corrected chi connectivity index (χ1v) is 11.1. The number of aliphatic imine (C=N–C) groups is 1. The van der Waals surface area contributed by atoms with E-state index in [0.29, 0.717) is 18.2 Å². The Morgan fingerprint density at radius 2 is 2.03 bits per heavy atom. The number of hydrogen-bond acceptors (Lipinski definition) is 5. The second kappa shape index (κ2) is 10.8. The number of guanidine groups is 1. The summed E-state index contributed by atoms with van der Waals surface area (Å²) in [6.45, 7) is 8.09. The van der Waals surface area contributed by atoms with Gasteiger partial charge in [0.05, 0.1) is 5.02 Å². The van der Waals surface area contributed by atoms with E-state index in [9.17, 15) is 0 Å². The van der Waals surface area contributed by atoms with Crippen molar-refractivity contribution in [2.75, 3.05) is 44.8 Å². The Labute approximate surface area is 212 Å². The van der Waals surface area contributed by atoms with Crippen molar-refractivity contribution in [1.82, 2.24) is 15.6 Å². The Morgan fingerprint density at radius 3 is 2.78 bits per heavy atom. The number of rotatable bonds is 5. The van der Waals surface area contributed by atoms with E-state index in [0.717, 1.165) is 49.3 Å². The first kappa shape index (κ1) is 24.7. The Hall–Kier alpha value is -1.94. The first-order chi connectivity index (χ1) is 15.0. The van der Waals surface area contributed by atoms with Crippen LogP contribution in [0, 0.1) is 0 Å². The molecule has 1 atom stereocenters. The maximum atomic E-state index is 6.31. The van der Waals surface area contributed by atoms with Crippen molar-refractivity contribution in [3.63, 3.8) is 0 Å². The van der Waals surface area contributed by atoms with Crippen molar-refractivity contribution in [3.8, 4) is 11.5 Å². The van der Waals surface area contributed by atoms with Gasteiger partial charge < -0.3 is 25.0 Å². The molecule has 0 saturated carbocycles. The van der Waals surface area contributed by atoms with Crippen LogP contribution in [0.25, 0.3) is 0 Å². The molecular formula is C23H31ClIN5O2. The number of halogens is 2. The van der Waals surface area contributed by atoms with Gasteiger partial charge in [0, 0.05) is 44.3 Å². The van der Waals surface area contributed by atoms with Crippen LogP contribution in [-0.4, -0.2) is 56.9 Å². The molecule has 174 valence electrons. The average Bonchev–Trinajstić information content (AvgIpc) is 3.25. The van der Waals surface area contributed by atoms with Gasteiger partial charge in [0.1, 0.15) is 19.0 Å². The molecule has 0 spiro atoms. The molecule has 9 heteroatoms. The van der Waals surface area contributed by atoms with Crippen molar-refractivity contribution >= 4 is 47.4 Å². The van der Waals surface area contributed by atoms with Gasteiger partial charge in [-0.3, -0.25) is 4.99 Å². The molecule has 1 saturated heterocycles. The maximum absolute atomic E-state index is 6.31. The summed E-state index contributed by atoms with van der Waals surface area (Å²) in [6.07, 6.45) is 2.78. The number of nitrogens with zero attached hydrogens (tertiary/aromatic N) is 3. The number of aromatic nitrogens is 1. The largest absolute Gasteiger partial charge is 0.486 e. The molecule has 7 nitrogen and oxygen atoms in total. The third kappa shape index (κ3) is 5.70. The van der Waals surface area contributed by atoms with Crippen LogP contribution < -0.4 is 25.0 Å². The van der Waals surface area contributed by atoms with Crippen molar-refractivity contribution in [1.29, 1.82) is 0 Å². The van der Waals surface area contributed by atoms with Gasteiger partial charge in [0.25, 0.3) is 0 Å². The quantitative estimate of drug-likeness (QED) is 0.323. The average molecular weight is 572 g/mol. The van der Waals surface area contributed by atoms with E-state index in [1.807, 2.05) is 18.2 Å². The molecule has 0 bridgehead atoms. The van der Waals surface area contributed by atoms with Gasteiger partial charge in [-0.25, -0.2) is 4.98 Å². The number of anilines is 1. The molecular weight excluding hydrogens is 541 g/mol. The van der Waals surface area contributed by atoms with Crippen LogP contribution >= 0.6 is 35.6 Å². The lowest BCUT2D eigenvalue weighted by molar-refractivity contribution is 0.171. The number of fused-ring (bicyclic) bond motifs is 1. The SMILES string of the molecule is CN=C(NCC(C)(C)c1ccc2c(c1)OCCO2)NC1CCN(c2ncccc2Cl)C1.I. The predicted octanol–water partition coefficient (Wildman–Crippen LogP) is 3.85. The third-order valence-electron chi connectivity index (χ3n) is 5.81. The standard InChI is InChI=1S/C23H30ClN5O2.HI/c1-23(2,16-6-7-19-20(13-16)31-12-11-30-19)15-27-22(25-3)28-17-8-10-29(14-17)21-18(24)5-4-9-26-21;/h4-7,9,13,17H,8,10-12,14-15H2,1-3H3,(H2,25,27,28);1H. The fourth-order valence-corrected chi connectivity index (χ4v) is 4.18. The van der Waals surface area contributed by atoms with Crippen LogP contribution in [0.4, 0.5) is 5.82 Å². The second-order valence-corrected chi connectivity index (χ2v) is 8.96. The van der Waals surface area contributed by atoms with Crippen molar-refractivity contribution in [3.05, 3.63) is 47.1 Å². The van der Waals surface area contributed by atoms with E-state index in [2.05, 4.69) is 51.5 Å². The topological polar surface area (TPSA) is 71.0 Å². The van der Waals surface area contributed by atoms with Crippen LogP contribution in [0.3, 0.4) is 0 Å². The third-order valence-corrected chi connectivity index (χ3v) is 6.11. The molecule has 1 aromatic carbocycles. The molecule has 2 aromatic rings. The molecule has 1 unspecified atom stereocenters. The van der Waals surface area contributed by atoms with Gasteiger partial charge in [-0.15, -0.1) is 24.0 Å². The molecule has 0 radical (unpaired) electrons. The smallest absolute Gasteiger partial charge is 0.191 e. The molecule has 32 heavy (non-hydrogen) atoms. The zero-order valence-corrected chi connectivity index (χ0v) is 21.8. The highest BCUT2D eigenvalue weighted by atomic mass is 127. The molecule has 0 aliphatic carbocycles. The zero-order chi connectivity index (χ0) is 21.8. The number of nitrogens with one attached hydrogen (secondary N) is 2. The van der Waals surface area contributed by atoms with E-state index < -0.39 is 0 Å². The summed E-state index contributed by atoms with van der Waals surface area (Å²) in [4.78, 5) is 11.1. The highest BCUT2D eigenvalue weighted by Gasteiger charge is 2.27. The van der Waals surface area contributed by atoms with Gasteiger partial charge in [-0.2, -0.15) is 0 Å². The minimum Gasteiger partial charge on any atom is -0.486 e. The number of benzene rings is 1. The fourth-order valence-electron chi connectivity index (χ4n) is 3.94. The summed E-state index contributed by atoms with van der Waals surface area (Å²) in [5, 5.41) is 7.72. The molecule has 2 aliphatic heterocycles. The van der Waals surface area contributed by atoms with Crippen molar-refractivity contribution in [2.24, 2.45) is 4.99 Å². The summed E-state index contributed by atoms with van der Waals surface area (Å²) in [7, 11) is 1.80. The Bertz CT molecular complexity index is 956. The molecule has 4 rings (SSSR count). The van der Waals surface area contributed by atoms with Gasteiger partial charge in [0.15, 0.2) is 17.5 Å². The normalized spacial score (nSPS) is 18.2. The van der Waals surface area contributed by atoms with Gasteiger partial charge in [-0.05, 0) is 36.2 Å². The lowest BCUT2D eigenvalue weighted by Crippen LogP contribution is -2.48. The summed E-state index contributed by atoms with van der Waals surface area (Å²) in [5.74, 6) is 3.27. The summed E-state index contributed by atoms with van der Waals surface area (Å²) < 4.78 is 11.4. The van der Waals surface area contributed by atoms with Gasteiger partial charge in [-0.1, -0.05) is 31.5 Å². The molecule has 1 fully saturated rings. The monoisotopic (exact) mass is 571 g/mol. The Morgan fingerprint density at radius 1 is 1.25 bits per heavy atom. The highest BCUT2D eigenvalue weighted by Crippen LogP contribution is 2.35. The van der Waals surface area contributed by atoms with E-state index in [1.54, 1.807) is 13.2 Å².